The Kier molecular flexibility index (Phi) is 34.4. The minimum Gasteiger partial charge on any atom is -1.00 e. The van der Waals surface area contributed by atoms with Gasteiger partial charge < -0.3 is 42.0 Å². The van der Waals surface area contributed by atoms with E-state index in [2.05, 4.69) is 12.2 Å². The van der Waals surface area contributed by atoms with Gasteiger partial charge in [0.2, 0.25) is 0 Å². The molecule has 1 heterocycles. The van der Waals surface area contributed by atoms with Crippen molar-refractivity contribution in [2.24, 2.45) is 0 Å². The second-order valence-electron chi connectivity index (χ2n) is 2.32. The molecular formula is C9H13Cl3OZr. The monoisotopic (exact) mass is 332 g/mol. The fraction of sp³-hybridized carbons (Fsp3) is 0.556. The third-order valence-electron chi connectivity index (χ3n) is 1.41. The van der Waals surface area contributed by atoms with E-state index in [0.29, 0.717) is 0 Å². The summed E-state index contributed by atoms with van der Waals surface area (Å²) in [4.78, 5) is 0. The second kappa shape index (κ2) is 19.7. The molecule has 1 fully saturated rings. The molecule has 0 aromatic heterocycles. The van der Waals surface area contributed by atoms with E-state index in [9.17, 15) is 0 Å². The molecule has 0 radical (unpaired) electrons. The van der Waals surface area contributed by atoms with E-state index in [4.69, 9.17) is 4.74 Å². The van der Waals surface area contributed by atoms with Crippen LogP contribution in [0.2, 0.25) is 0 Å². The topological polar surface area (TPSA) is 9.23 Å². The predicted molar refractivity (Wildman–Crippen MR) is 41.6 cm³/mol. The maximum Gasteiger partial charge on any atom is 4.00 e. The van der Waals surface area contributed by atoms with Gasteiger partial charge in [-0.1, -0.05) is 0 Å². The molecule has 0 saturated carbocycles. The first-order valence-corrected chi connectivity index (χ1v) is 3.79. The van der Waals surface area contributed by atoms with E-state index < -0.39 is 0 Å². The van der Waals surface area contributed by atoms with Gasteiger partial charge in [0, 0.05) is 13.2 Å². The molecule has 0 spiro atoms. The van der Waals surface area contributed by atoms with Crippen molar-refractivity contribution < 1.29 is 68.2 Å². The molecule has 1 nitrogen and oxygen atoms in total. The summed E-state index contributed by atoms with van der Waals surface area (Å²) in [5.41, 5.74) is 0. The summed E-state index contributed by atoms with van der Waals surface area (Å²) in [6.45, 7) is 2.00. The summed E-state index contributed by atoms with van der Waals surface area (Å²) in [5, 5.41) is 0. The van der Waals surface area contributed by atoms with E-state index in [1.54, 1.807) is 0 Å². The van der Waals surface area contributed by atoms with Gasteiger partial charge in [0.1, 0.15) is 0 Å². The molecule has 0 aromatic rings. The number of halogens is 3. The zero-order valence-electron chi connectivity index (χ0n) is 7.81. The third kappa shape index (κ3) is 15.7. The SMILES string of the molecule is C1CCOC1.[C-]1=CC=CC1.[Cl-].[Cl-].[Cl-].[Zr+4]. The molecule has 0 atom stereocenters. The van der Waals surface area contributed by atoms with E-state index in [1.165, 1.54) is 12.8 Å². The van der Waals surface area contributed by atoms with Crippen LogP contribution in [0.25, 0.3) is 0 Å². The van der Waals surface area contributed by atoms with Crippen molar-refractivity contribution in [3.63, 3.8) is 0 Å². The first-order chi connectivity index (χ1) is 5.00. The van der Waals surface area contributed by atoms with Gasteiger partial charge in [-0.2, -0.15) is 6.08 Å². The van der Waals surface area contributed by atoms with Gasteiger partial charge >= 0.3 is 26.2 Å². The molecule has 1 aliphatic heterocycles. The molecular weight excluding hydrogens is 322 g/mol. The Hall–Kier alpha value is 1.19. The molecule has 5 heteroatoms. The van der Waals surface area contributed by atoms with Gasteiger partial charge in [0.05, 0.1) is 0 Å². The smallest absolute Gasteiger partial charge is 1.00 e. The Labute approximate surface area is 124 Å². The average Bonchev–Trinajstić information content (AvgIpc) is 2.67. The van der Waals surface area contributed by atoms with Crippen molar-refractivity contribution in [2.75, 3.05) is 13.2 Å². The van der Waals surface area contributed by atoms with Gasteiger partial charge in [-0.15, -0.1) is 6.42 Å². The van der Waals surface area contributed by atoms with Crippen molar-refractivity contribution in [1.82, 2.24) is 0 Å². The summed E-state index contributed by atoms with van der Waals surface area (Å²) < 4.78 is 4.94. The van der Waals surface area contributed by atoms with Gasteiger partial charge in [0.25, 0.3) is 0 Å². The van der Waals surface area contributed by atoms with Crippen molar-refractivity contribution in [2.45, 2.75) is 19.3 Å². The standard InChI is InChI=1S/C5H5.C4H8O.3ClH.Zr/c2*1-2-4-5-3-1;;;;/h1-3H,4H2;1-4H2;3*1H;/q-1;;;;;+4/p-3. The van der Waals surface area contributed by atoms with Crippen LogP contribution in [0.1, 0.15) is 19.3 Å². The largest absolute Gasteiger partial charge is 4.00 e. The Balaban J connectivity index is -0.0000000556. The minimum absolute atomic E-state index is 0. The molecule has 1 saturated heterocycles. The van der Waals surface area contributed by atoms with Crippen LogP contribution in [0, 0.1) is 6.08 Å². The van der Waals surface area contributed by atoms with Gasteiger partial charge in [0.15, 0.2) is 0 Å². The van der Waals surface area contributed by atoms with Crippen LogP contribution in [0.4, 0.5) is 0 Å². The van der Waals surface area contributed by atoms with Crippen molar-refractivity contribution >= 4 is 0 Å². The molecule has 14 heavy (non-hydrogen) atoms. The Morgan fingerprint density at radius 2 is 1.57 bits per heavy atom. The molecule has 2 aliphatic rings. The Morgan fingerprint density at radius 3 is 1.71 bits per heavy atom. The summed E-state index contributed by atoms with van der Waals surface area (Å²) in [6, 6.07) is 0. The average molecular weight is 335 g/mol. The normalized spacial score (nSPS) is 14.9. The van der Waals surface area contributed by atoms with Crippen LogP contribution in [-0.4, -0.2) is 13.2 Å². The van der Waals surface area contributed by atoms with Crippen LogP contribution in [0.3, 0.4) is 0 Å². The maximum absolute atomic E-state index is 4.94. The molecule has 0 unspecified atom stereocenters. The predicted octanol–water partition coefficient (Wildman–Crippen LogP) is -6.89. The molecule has 0 bridgehead atoms. The molecule has 0 amide bonds. The van der Waals surface area contributed by atoms with Crippen LogP contribution >= 0.6 is 0 Å². The van der Waals surface area contributed by atoms with E-state index in [1.807, 2.05) is 12.2 Å². The summed E-state index contributed by atoms with van der Waals surface area (Å²) in [7, 11) is 0. The molecule has 80 valence electrons. The minimum atomic E-state index is 0. The summed E-state index contributed by atoms with van der Waals surface area (Å²) in [5.74, 6) is 0. The second-order valence-corrected chi connectivity index (χ2v) is 2.32. The Morgan fingerprint density at radius 1 is 1.00 bits per heavy atom. The molecule has 0 aromatic carbocycles. The fourth-order valence-corrected chi connectivity index (χ4v) is 0.851. The van der Waals surface area contributed by atoms with Crippen LogP contribution in [0.15, 0.2) is 18.2 Å². The van der Waals surface area contributed by atoms with Crippen molar-refractivity contribution in [1.29, 1.82) is 0 Å². The number of ether oxygens (including phenoxy) is 1. The quantitative estimate of drug-likeness (QED) is 0.400. The van der Waals surface area contributed by atoms with Gasteiger partial charge in [-0.25, -0.2) is 12.2 Å². The van der Waals surface area contributed by atoms with Crippen LogP contribution in [-0.2, 0) is 30.9 Å². The number of allylic oxidation sites excluding steroid dienone is 4. The van der Waals surface area contributed by atoms with E-state index >= 15 is 0 Å². The Bertz CT molecular complexity index is 118. The van der Waals surface area contributed by atoms with Crippen LogP contribution < -0.4 is 37.2 Å². The number of hydrogen-bond acceptors (Lipinski definition) is 1. The zero-order valence-corrected chi connectivity index (χ0v) is 12.5. The van der Waals surface area contributed by atoms with Crippen molar-refractivity contribution in [3.8, 4) is 0 Å². The molecule has 2 rings (SSSR count). The molecule has 1 aliphatic carbocycles. The van der Waals surface area contributed by atoms with Gasteiger partial charge in [-0.05, 0) is 12.8 Å². The first-order valence-electron chi connectivity index (χ1n) is 3.79. The maximum atomic E-state index is 4.94. The summed E-state index contributed by atoms with van der Waals surface area (Å²) >= 11 is 0. The van der Waals surface area contributed by atoms with E-state index in [-0.39, 0.29) is 63.4 Å². The third-order valence-corrected chi connectivity index (χ3v) is 1.41. The molecule has 0 N–H and O–H groups in total. The number of hydrogen-bond donors (Lipinski definition) is 0. The van der Waals surface area contributed by atoms with Crippen LogP contribution in [0.5, 0.6) is 0 Å². The van der Waals surface area contributed by atoms with Gasteiger partial charge in [-0.3, -0.25) is 6.08 Å². The first kappa shape index (κ1) is 24.4. The summed E-state index contributed by atoms with van der Waals surface area (Å²) in [6.07, 6.45) is 12.6. The number of rotatable bonds is 0. The zero-order chi connectivity index (χ0) is 7.07. The fourth-order valence-electron chi connectivity index (χ4n) is 0.851. The van der Waals surface area contributed by atoms with E-state index in [0.717, 1.165) is 19.6 Å². The van der Waals surface area contributed by atoms with Crippen molar-refractivity contribution in [3.05, 3.63) is 24.3 Å².